The zero-order valence-electron chi connectivity index (χ0n) is 15.0. The maximum atomic E-state index is 13.1. The van der Waals surface area contributed by atoms with Crippen molar-refractivity contribution in [3.8, 4) is 0 Å². The van der Waals surface area contributed by atoms with Gasteiger partial charge in [0.15, 0.2) is 0 Å². The molecule has 0 aromatic heterocycles. The summed E-state index contributed by atoms with van der Waals surface area (Å²) >= 11 is 0. The molecule has 2 aromatic rings. The monoisotopic (exact) mass is 376 g/mol. The molecule has 1 heterocycles. The smallest absolute Gasteiger partial charge is 0.370 e. The van der Waals surface area contributed by atoms with Crippen LogP contribution in [0.2, 0.25) is 0 Å². The molecule has 1 aliphatic rings. The van der Waals surface area contributed by atoms with Crippen molar-refractivity contribution in [1.82, 2.24) is 4.90 Å². The first-order valence-electron chi connectivity index (χ1n) is 9.01. The van der Waals surface area contributed by atoms with Crippen LogP contribution in [0.1, 0.15) is 36.0 Å². The number of hydrogen-bond donors (Lipinski definition) is 1. The van der Waals surface area contributed by atoms with Crippen LogP contribution < -0.4 is 5.73 Å². The Kier molecular flexibility index (Phi) is 5.56. The zero-order chi connectivity index (χ0) is 19.5. The van der Waals surface area contributed by atoms with Gasteiger partial charge in [-0.25, -0.2) is 0 Å². The lowest BCUT2D eigenvalue weighted by Gasteiger charge is -2.42. The standard InChI is InChI=1S/C21H23F3N2O/c22-21(23,24)18-8-4-7-17(13-18)20(14-19(25)27)9-11-26(12-10-20)15-16-5-2-1-3-6-16/h1-8,13H,9-12,14-15H2,(H2,25,27). The van der Waals surface area contributed by atoms with Gasteiger partial charge in [-0.15, -0.1) is 0 Å². The first kappa shape index (κ1) is 19.4. The van der Waals surface area contributed by atoms with Crippen LogP contribution in [0.4, 0.5) is 13.2 Å². The molecule has 0 saturated carbocycles. The van der Waals surface area contributed by atoms with Gasteiger partial charge in [0.1, 0.15) is 0 Å². The summed E-state index contributed by atoms with van der Waals surface area (Å²) in [5.41, 5.74) is 5.87. The lowest BCUT2D eigenvalue weighted by molar-refractivity contribution is -0.137. The van der Waals surface area contributed by atoms with E-state index in [2.05, 4.69) is 17.0 Å². The molecular weight excluding hydrogens is 353 g/mol. The van der Waals surface area contributed by atoms with E-state index in [1.54, 1.807) is 6.07 Å². The summed E-state index contributed by atoms with van der Waals surface area (Å²) in [4.78, 5) is 14.0. The number of nitrogens with two attached hydrogens (primary N) is 1. The van der Waals surface area contributed by atoms with E-state index in [0.717, 1.165) is 12.6 Å². The number of halogens is 3. The average molecular weight is 376 g/mol. The lowest BCUT2D eigenvalue weighted by Crippen LogP contribution is -2.44. The lowest BCUT2D eigenvalue weighted by atomic mass is 9.70. The van der Waals surface area contributed by atoms with Crippen LogP contribution in [-0.4, -0.2) is 23.9 Å². The number of nitrogens with zero attached hydrogens (tertiary/aromatic N) is 1. The number of piperidine rings is 1. The van der Waals surface area contributed by atoms with Crippen LogP contribution in [0.3, 0.4) is 0 Å². The molecule has 27 heavy (non-hydrogen) atoms. The highest BCUT2D eigenvalue weighted by molar-refractivity contribution is 5.75. The minimum absolute atomic E-state index is 0.0630. The van der Waals surface area contributed by atoms with E-state index in [1.807, 2.05) is 18.2 Å². The summed E-state index contributed by atoms with van der Waals surface area (Å²) in [5.74, 6) is -0.482. The largest absolute Gasteiger partial charge is 0.416 e. The highest BCUT2D eigenvalue weighted by atomic mass is 19.4. The van der Waals surface area contributed by atoms with Crippen molar-refractivity contribution < 1.29 is 18.0 Å². The molecule has 0 aliphatic carbocycles. The summed E-state index contributed by atoms with van der Waals surface area (Å²) in [5, 5.41) is 0. The number of carbonyl (C=O) groups excluding carboxylic acids is 1. The Balaban J connectivity index is 1.80. The van der Waals surface area contributed by atoms with Crippen LogP contribution in [0, 0.1) is 0 Å². The third-order valence-corrected chi connectivity index (χ3v) is 5.38. The number of alkyl halides is 3. The van der Waals surface area contributed by atoms with Gasteiger partial charge >= 0.3 is 6.18 Å². The zero-order valence-corrected chi connectivity index (χ0v) is 15.0. The summed E-state index contributed by atoms with van der Waals surface area (Å²) < 4.78 is 39.4. The fourth-order valence-electron chi connectivity index (χ4n) is 3.91. The second-order valence-corrected chi connectivity index (χ2v) is 7.26. The number of rotatable bonds is 5. The maximum Gasteiger partial charge on any atom is 0.416 e. The van der Waals surface area contributed by atoms with Crippen LogP contribution >= 0.6 is 0 Å². The quantitative estimate of drug-likeness (QED) is 0.853. The highest BCUT2D eigenvalue weighted by Crippen LogP contribution is 2.41. The highest BCUT2D eigenvalue weighted by Gasteiger charge is 2.39. The van der Waals surface area contributed by atoms with E-state index in [4.69, 9.17) is 5.73 Å². The van der Waals surface area contributed by atoms with Gasteiger partial charge in [-0.05, 0) is 43.1 Å². The Morgan fingerprint density at radius 1 is 1.04 bits per heavy atom. The second-order valence-electron chi connectivity index (χ2n) is 7.26. The van der Waals surface area contributed by atoms with Gasteiger partial charge in [0.25, 0.3) is 0 Å². The number of benzene rings is 2. The summed E-state index contributed by atoms with van der Waals surface area (Å²) in [7, 11) is 0. The molecule has 0 bridgehead atoms. The first-order valence-corrected chi connectivity index (χ1v) is 9.01. The molecule has 1 aliphatic heterocycles. The third-order valence-electron chi connectivity index (χ3n) is 5.38. The molecule has 0 radical (unpaired) electrons. The van der Waals surface area contributed by atoms with Crippen LogP contribution in [0.5, 0.6) is 0 Å². The molecule has 2 aromatic carbocycles. The number of amides is 1. The SMILES string of the molecule is NC(=O)CC1(c2cccc(C(F)(F)F)c2)CCN(Cc2ccccc2)CC1. The maximum absolute atomic E-state index is 13.1. The van der Waals surface area contributed by atoms with Crippen molar-refractivity contribution in [2.24, 2.45) is 5.73 Å². The van der Waals surface area contributed by atoms with Gasteiger partial charge in [-0.2, -0.15) is 13.2 Å². The van der Waals surface area contributed by atoms with Gasteiger partial charge in [-0.1, -0.05) is 48.5 Å². The number of primary amides is 1. The molecule has 3 rings (SSSR count). The van der Waals surface area contributed by atoms with E-state index >= 15 is 0 Å². The topological polar surface area (TPSA) is 46.3 Å². The Morgan fingerprint density at radius 2 is 1.70 bits per heavy atom. The molecule has 2 N–H and O–H groups in total. The minimum Gasteiger partial charge on any atom is -0.370 e. The Labute approximate surface area is 157 Å². The number of hydrogen-bond acceptors (Lipinski definition) is 2. The van der Waals surface area contributed by atoms with Crippen molar-refractivity contribution >= 4 is 5.91 Å². The predicted molar refractivity (Wildman–Crippen MR) is 97.9 cm³/mol. The molecule has 0 atom stereocenters. The first-order chi connectivity index (χ1) is 12.8. The van der Waals surface area contributed by atoms with E-state index < -0.39 is 23.1 Å². The van der Waals surface area contributed by atoms with Crippen LogP contribution in [0.15, 0.2) is 54.6 Å². The predicted octanol–water partition coefficient (Wildman–Crippen LogP) is 4.11. The Morgan fingerprint density at radius 3 is 2.30 bits per heavy atom. The summed E-state index contributed by atoms with van der Waals surface area (Å²) in [6.45, 7) is 2.20. The van der Waals surface area contributed by atoms with Gasteiger partial charge in [0.2, 0.25) is 5.91 Å². The molecule has 144 valence electrons. The fourth-order valence-corrected chi connectivity index (χ4v) is 3.91. The fraction of sp³-hybridized carbons (Fsp3) is 0.381. The van der Waals surface area contributed by atoms with Crippen LogP contribution in [0.25, 0.3) is 0 Å². The van der Waals surface area contributed by atoms with E-state index in [9.17, 15) is 18.0 Å². The number of carbonyl (C=O) groups is 1. The van der Waals surface area contributed by atoms with Crippen molar-refractivity contribution in [2.45, 2.75) is 37.4 Å². The molecular formula is C21H23F3N2O. The summed E-state index contributed by atoms with van der Waals surface area (Å²) in [6, 6.07) is 15.4. The van der Waals surface area contributed by atoms with Crippen molar-refractivity contribution in [3.63, 3.8) is 0 Å². The van der Waals surface area contributed by atoms with Crippen molar-refractivity contribution in [1.29, 1.82) is 0 Å². The van der Waals surface area contributed by atoms with E-state index in [1.165, 1.54) is 17.7 Å². The van der Waals surface area contributed by atoms with Crippen molar-refractivity contribution in [3.05, 3.63) is 71.3 Å². The number of likely N-dealkylation sites (tertiary alicyclic amines) is 1. The third kappa shape index (κ3) is 4.69. The summed E-state index contributed by atoms with van der Waals surface area (Å²) in [6.07, 6.45) is -3.14. The molecule has 1 fully saturated rings. The molecule has 1 amide bonds. The minimum atomic E-state index is -4.40. The normalized spacial score (nSPS) is 17.6. The van der Waals surface area contributed by atoms with E-state index in [-0.39, 0.29) is 6.42 Å². The van der Waals surface area contributed by atoms with Crippen molar-refractivity contribution in [2.75, 3.05) is 13.1 Å². The molecule has 3 nitrogen and oxygen atoms in total. The Bertz CT molecular complexity index is 782. The van der Waals surface area contributed by atoms with Crippen LogP contribution in [-0.2, 0) is 22.9 Å². The van der Waals surface area contributed by atoms with Gasteiger partial charge in [0.05, 0.1) is 5.56 Å². The van der Waals surface area contributed by atoms with E-state index in [0.29, 0.717) is 31.5 Å². The Hall–Kier alpha value is -2.34. The van der Waals surface area contributed by atoms with Gasteiger partial charge < -0.3 is 5.73 Å². The van der Waals surface area contributed by atoms with Gasteiger partial charge in [-0.3, -0.25) is 9.69 Å². The molecule has 0 unspecified atom stereocenters. The second kappa shape index (κ2) is 7.72. The average Bonchev–Trinajstić information content (AvgIpc) is 2.63. The van der Waals surface area contributed by atoms with Gasteiger partial charge in [0, 0.05) is 18.4 Å². The molecule has 1 saturated heterocycles. The molecule has 6 heteroatoms. The molecule has 0 spiro atoms.